The Morgan fingerprint density at radius 2 is 2.30 bits per heavy atom. The number of nitrogens with one attached hydrogen (secondary N) is 1. The number of hydrogen-bond donors (Lipinski definition) is 1. The Labute approximate surface area is 137 Å². The van der Waals surface area contributed by atoms with Crippen LogP contribution in [0.15, 0.2) is 18.2 Å². The number of likely N-dealkylation sites (N-methyl/N-ethyl adjacent to an activating group) is 1. The monoisotopic (exact) mass is 318 g/mol. The van der Waals surface area contributed by atoms with Gasteiger partial charge in [-0.3, -0.25) is 0 Å². The lowest BCUT2D eigenvalue weighted by Gasteiger charge is -2.28. The molecular weight excluding hydrogens is 292 g/mol. The van der Waals surface area contributed by atoms with E-state index in [4.69, 9.17) is 9.47 Å². The van der Waals surface area contributed by atoms with Gasteiger partial charge in [0.1, 0.15) is 5.75 Å². The van der Waals surface area contributed by atoms with Gasteiger partial charge in [-0.15, -0.1) is 0 Å². The number of amides is 2. The van der Waals surface area contributed by atoms with Crippen molar-refractivity contribution in [3.8, 4) is 5.75 Å². The van der Waals surface area contributed by atoms with Gasteiger partial charge in [-0.05, 0) is 48.9 Å². The van der Waals surface area contributed by atoms with Crippen molar-refractivity contribution >= 4 is 6.03 Å². The van der Waals surface area contributed by atoms with Crippen LogP contribution in [-0.2, 0) is 11.2 Å². The summed E-state index contributed by atoms with van der Waals surface area (Å²) in [5.74, 6) is 1.30. The van der Waals surface area contributed by atoms with E-state index in [-0.39, 0.29) is 12.1 Å². The molecular formula is C18H26N2O3. The zero-order valence-electron chi connectivity index (χ0n) is 14.0. The van der Waals surface area contributed by atoms with E-state index in [2.05, 4.69) is 17.4 Å². The number of fused-ring (bicyclic) bond motifs is 1. The van der Waals surface area contributed by atoms with Crippen LogP contribution in [0.1, 0.15) is 36.3 Å². The normalized spacial score (nSPS) is 23.2. The highest BCUT2D eigenvalue weighted by Crippen LogP contribution is 2.33. The van der Waals surface area contributed by atoms with Crippen molar-refractivity contribution in [1.29, 1.82) is 0 Å². The van der Waals surface area contributed by atoms with Gasteiger partial charge < -0.3 is 19.7 Å². The molecule has 2 amide bonds. The Hall–Kier alpha value is -1.75. The van der Waals surface area contributed by atoms with Gasteiger partial charge in [0.2, 0.25) is 0 Å². The fourth-order valence-corrected chi connectivity index (χ4v) is 3.56. The van der Waals surface area contributed by atoms with Crippen molar-refractivity contribution in [3.05, 3.63) is 29.3 Å². The molecule has 5 nitrogen and oxygen atoms in total. The molecule has 0 bridgehead atoms. The number of rotatable bonds is 4. The molecule has 0 aromatic heterocycles. The molecule has 5 heteroatoms. The van der Waals surface area contributed by atoms with Crippen LogP contribution in [0.3, 0.4) is 0 Å². The zero-order valence-corrected chi connectivity index (χ0v) is 14.0. The second-order valence-electron chi connectivity index (χ2n) is 6.47. The third kappa shape index (κ3) is 3.61. The molecule has 3 rings (SSSR count). The van der Waals surface area contributed by atoms with Gasteiger partial charge in [0.15, 0.2) is 0 Å². The largest absolute Gasteiger partial charge is 0.497 e. The minimum absolute atomic E-state index is 0.00105. The van der Waals surface area contributed by atoms with Gasteiger partial charge in [0.25, 0.3) is 0 Å². The molecule has 1 aliphatic heterocycles. The first kappa shape index (κ1) is 16.1. The lowest BCUT2D eigenvalue weighted by atomic mass is 9.82. The fourth-order valence-electron chi connectivity index (χ4n) is 3.56. The number of carbonyl (C=O) groups is 1. The summed E-state index contributed by atoms with van der Waals surface area (Å²) in [6.45, 7) is 2.09. The van der Waals surface area contributed by atoms with Gasteiger partial charge in [-0.1, -0.05) is 6.07 Å². The molecule has 1 N–H and O–H groups in total. The van der Waals surface area contributed by atoms with Gasteiger partial charge in [-0.25, -0.2) is 4.79 Å². The molecule has 2 aliphatic rings. The molecule has 0 saturated carbocycles. The second kappa shape index (κ2) is 7.21. The molecule has 1 aromatic rings. The van der Waals surface area contributed by atoms with Gasteiger partial charge in [0.05, 0.1) is 19.8 Å². The van der Waals surface area contributed by atoms with Crippen LogP contribution < -0.4 is 10.1 Å². The number of urea groups is 1. The van der Waals surface area contributed by atoms with E-state index in [1.54, 1.807) is 12.0 Å². The molecule has 1 heterocycles. The van der Waals surface area contributed by atoms with Crippen molar-refractivity contribution in [1.82, 2.24) is 10.2 Å². The summed E-state index contributed by atoms with van der Waals surface area (Å²) in [5, 5.41) is 3.10. The Balaban J connectivity index is 1.60. The summed E-state index contributed by atoms with van der Waals surface area (Å²) in [6, 6.07) is 6.50. The van der Waals surface area contributed by atoms with Crippen LogP contribution in [0, 0.1) is 0 Å². The van der Waals surface area contributed by atoms with E-state index in [9.17, 15) is 4.79 Å². The van der Waals surface area contributed by atoms with E-state index >= 15 is 0 Å². The van der Waals surface area contributed by atoms with E-state index in [0.717, 1.165) is 38.0 Å². The van der Waals surface area contributed by atoms with Crippen molar-refractivity contribution in [2.45, 2.75) is 37.6 Å². The van der Waals surface area contributed by atoms with Gasteiger partial charge in [-0.2, -0.15) is 0 Å². The molecule has 23 heavy (non-hydrogen) atoms. The molecule has 1 aromatic carbocycles. The van der Waals surface area contributed by atoms with Gasteiger partial charge in [0, 0.05) is 26.1 Å². The smallest absolute Gasteiger partial charge is 0.317 e. The van der Waals surface area contributed by atoms with E-state index in [1.807, 2.05) is 13.1 Å². The molecule has 1 fully saturated rings. The number of benzene rings is 1. The van der Waals surface area contributed by atoms with E-state index < -0.39 is 0 Å². The predicted octanol–water partition coefficient (Wildman–Crippen LogP) is 2.55. The number of carbonyl (C=O) groups excluding carboxylic acids is 1. The summed E-state index contributed by atoms with van der Waals surface area (Å²) in [4.78, 5) is 14.1. The Bertz CT molecular complexity index is 555. The van der Waals surface area contributed by atoms with Crippen LogP contribution in [0.5, 0.6) is 5.75 Å². The summed E-state index contributed by atoms with van der Waals surface area (Å²) in [7, 11) is 3.55. The van der Waals surface area contributed by atoms with E-state index in [0.29, 0.717) is 19.1 Å². The highest BCUT2D eigenvalue weighted by molar-refractivity contribution is 5.74. The van der Waals surface area contributed by atoms with Crippen molar-refractivity contribution < 1.29 is 14.3 Å². The molecule has 0 radical (unpaired) electrons. The van der Waals surface area contributed by atoms with Crippen molar-refractivity contribution in [2.75, 3.05) is 33.9 Å². The Kier molecular flexibility index (Phi) is 5.06. The first-order valence-corrected chi connectivity index (χ1v) is 8.44. The minimum atomic E-state index is 0.00105. The summed E-state index contributed by atoms with van der Waals surface area (Å²) >= 11 is 0. The number of aryl methyl sites for hydroxylation is 1. The average Bonchev–Trinajstić information content (AvgIpc) is 3.12. The number of hydrogen-bond acceptors (Lipinski definition) is 3. The molecule has 0 spiro atoms. The first-order valence-electron chi connectivity index (χ1n) is 8.44. The topological polar surface area (TPSA) is 50.8 Å². The quantitative estimate of drug-likeness (QED) is 0.928. The lowest BCUT2D eigenvalue weighted by molar-refractivity contribution is 0.157. The van der Waals surface area contributed by atoms with Crippen LogP contribution in [0.2, 0.25) is 0 Å². The minimum Gasteiger partial charge on any atom is -0.497 e. The first-order chi connectivity index (χ1) is 11.2. The van der Waals surface area contributed by atoms with Crippen molar-refractivity contribution in [3.63, 3.8) is 0 Å². The zero-order chi connectivity index (χ0) is 16.2. The maximum Gasteiger partial charge on any atom is 0.317 e. The standard InChI is InChI=1S/C18H26N2O3/c1-20(15-8-9-23-12-15)18(21)19-11-14-5-3-4-13-10-16(22-2)6-7-17(13)14/h6-7,10,14-15H,3-5,8-9,11-12H2,1-2H3,(H,19,21)/t14-,15-/m1/s1. The van der Waals surface area contributed by atoms with Gasteiger partial charge >= 0.3 is 6.03 Å². The van der Waals surface area contributed by atoms with Crippen LogP contribution in [0.25, 0.3) is 0 Å². The maximum atomic E-state index is 12.3. The summed E-state index contributed by atoms with van der Waals surface area (Å²) in [5.41, 5.74) is 2.71. The Morgan fingerprint density at radius 3 is 3.04 bits per heavy atom. The third-order valence-electron chi connectivity index (χ3n) is 5.06. The molecule has 126 valence electrons. The van der Waals surface area contributed by atoms with E-state index in [1.165, 1.54) is 11.1 Å². The second-order valence-corrected chi connectivity index (χ2v) is 6.47. The summed E-state index contributed by atoms with van der Waals surface area (Å²) in [6.07, 6.45) is 4.30. The Morgan fingerprint density at radius 1 is 1.43 bits per heavy atom. The summed E-state index contributed by atoms with van der Waals surface area (Å²) < 4.78 is 10.7. The number of methoxy groups -OCH3 is 1. The SMILES string of the molecule is COc1ccc2c(c1)CCC[C@@H]2CNC(=O)N(C)[C@@H]1CCOC1. The predicted molar refractivity (Wildman–Crippen MR) is 89.1 cm³/mol. The third-order valence-corrected chi connectivity index (χ3v) is 5.06. The molecule has 2 atom stereocenters. The molecule has 0 unspecified atom stereocenters. The highest BCUT2D eigenvalue weighted by atomic mass is 16.5. The fraction of sp³-hybridized carbons (Fsp3) is 0.611. The average molecular weight is 318 g/mol. The van der Waals surface area contributed by atoms with Crippen LogP contribution in [0.4, 0.5) is 4.79 Å². The lowest BCUT2D eigenvalue weighted by Crippen LogP contribution is -2.45. The molecule has 1 aliphatic carbocycles. The number of nitrogens with zero attached hydrogens (tertiary/aromatic N) is 1. The highest BCUT2D eigenvalue weighted by Gasteiger charge is 2.26. The van der Waals surface area contributed by atoms with Crippen LogP contribution >= 0.6 is 0 Å². The van der Waals surface area contributed by atoms with Crippen LogP contribution in [-0.4, -0.2) is 50.9 Å². The number of ether oxygens (including phenoxy) is 2. The molecule has 1 saturated heterocycles. The van der Waals surface area contributed by atoms with Crippen molar-refractivity contribution in [2.24, 2.45) is 0 Å². The maximum absolute atomic E-state index is 12.3.